The van der Waals surface area contributed by atoms with Gasteiger partial charge in [0.1, 0.15) is 12.0 Å². The molecule has 0 fully saturated rings. The number of guanidine groups is 1. The normalized spacial score (nSPS) is 22.2. The number of nitrogens with one attached hydrogen (secondary N) is 1. The maximum Gasteiger partial charge on any atom is 0.221 e. The summed E-state index contributed by atoms with van der Waals surface area (Å²) in [7, 11) is 0. The minimum atomic E-state index is -1.09. The van der Waals surface area contributed by atoms with Crippen molar-refractivity contribution in [2.45, 2.75) is 52.8 Å². The van der Waals surface area contributed by atoms with E-state index in [0.717, 1.165) is 6.42 Å². The second-order valence-corrected chi connectivity index (χ2v) is 6.55. The molecule has 1 aromatic rings. The number of rotatable bonds is 5. The van der Waals surface area contributed by atoms with E-state index >= 15 is 0 Å². The van der Waals surface area contributed by atoms with Crippen LogP contribution in [0.5, 0.6) is 0 Å². The first-order chi connectivity index (χ1) is 11.3. The summed E-state index contributed by atoms with van der Waals surface area (Å²) in [5.41, 5.74) is 10.00. The molecule has 3 N–H and O–H groups in total. The Hall–Kier alpha value is -2.17. The van der Waals surface area contributed by atoms with Gasteiger partial charge in [0.05, 0.1) is 11.8 Å². The Kier molecular flexibility index (Phi) is 5.75. The molecule has 24 heavy (non-hydrogen) atoms. The zero-order valence-corrected chi connectivity index (χ0v) is 14.9. The van der Waals surface area contributed by atoms with Gasteiger partial charge in [-0.25, -0.2) is 9.38 Å². The van der Waals surface area contributed by atoms with Gasteiger partial charge in [0.25, 0.3) is 0 Å². The van der Waals surface area contributed by atoms with Gasteiger partial charge in [0, 0.05) is 0 Å². The highest BCUT2D eigenvalue weighted by atomic mass is 19.1. The van der Waals surface area contributed by atoms with Crippen LogP contribution in [0.1, 0.15) is 49.9 Å². The summed E-state index contributed by atoms with van der Waals surface area (Å²) in [6.07, 6.45) is 0.305. The van der Waals surface area contributed by atoms with E-state index in [1.165, 1.54) is 16.7 Å². The smallest absolute Gasteiger partial charge is 0.221 e. The summed E-state index contributed by atoms with van der Waals surface area (Å²) in [4.78, 5) is 8.17. The van der Waals surface area contributed by atoms with Crippen LogP contribution < -0.4 is 11.1 Å². The Morgan fingerprint density at radius 3 is 2.83 bits per heavy atom. The first-order valence-electron chi connectivity index (χ1n) is 8.40. The van der Waals surface area contributed by atoms with E-state index in [1.54, 1.807) is 13.8 Å². The predicted molar refractivity (Wildman–Crippen MR) is 99.0 cm³/mol. The van der Waals surface area contributed by atoms with E-state index in [9.17, 15) is 4.39 Å². The van der Waals surface area contributed by atoms with Crippen molar-refractivity contribution in [2.75, 3.05) is 0 Å². The number of hydrogen-bond donors (Lipinski definition) is 2. The molecular formula is C19H27FN4. The zero-order valence-electron chi connectivity index (χ0n) is 14.9. The minimum Gasteiger partial charge on any atom is -0.368 e. The summed E-state index contributed by atoms with van der Waals surface area (Å²) in [5.74, 6) is 0.911. The fraction of sp³-hybridized carbons (Fsp3) is 0.474. The molecule has 0 saturated heterocycles. The predicted octanol–water partition coefficient (Wildman–Crippen LogP) is 3.81. The minimum absolute atomic E-state index is 0.0243. The van der Waals surface area contributed by atoms with Crippen molar-refractivity contribution in [1.29, 1.82) is 0 Å². The molecule has 0 bridgehead atoms. The summed E-state index contributed by atoms with van der Waals surface area (Å²) in [6, 6.07) is 6.67. The molecule has 0 aliphatic heterocycles. The molecule has 0 saturated carbocycles. The van der Waals surface area contributed by atoms with Gasteiger partial charge in [-0.2, -0.15) is 4.99 Å². The number of alkyl halides is 1. The van der Waals surface area contributed by atoms with Crippen LogP contribution in [0, 0.1) is 12.8 Å². The van der Waals surface area contributed by atoms with Crippen LogP contribution in [-0.4, -0.2) is 17.8 Å². The molecule has 1 aliphatic carbocycles. The second kappa shape index (κ2) is 7.60. The molecule has 1 aliphatic rings. The molecule has 0 amide bonds. The third kappa shape index (κ3) is 4.22. The summed E-state index contributed by atoms with van der Waals surface area (Å²) < 4.78 is 13.5. The highest BCUT2D eigenvalue weighted by Crippen LogP contribution is 2.36. The van der Waals surface area contributed by atoms with Crippen LogP contribution in [0.25, 0.3) is 0 Å². The largest absolute Gasteiger partial charge is 0.368 e. The number of aryl methyl sites for hydroxylation is 1. The van der Waals surface area contributed by atoms with Crippen molar-refractivity contribution in [1.82, 2.24) is 5.32 Å². The van der Waals surface area contributed by atoms with E-state index in [0.29, 0.717) is 23.9 Å². The molecule has 0 spiro atoms. The third-order valence-electron chi connectivity index (χ3n) is 4.42. The number of aliphatic imine (C=N–C) groups is 2. The summed E-state index contributed by atoms with van der Waals surface area (Å²) >= 11 is 0. The van der Waals surface area contributed by atoms with Crippen molar-refractivity contribution in [3.63, 3.8) is 0 Å². The molecule has 2 rings (SSSR count). The van der Waals surface area contributed by atoms with Crippen molar-refractivity contribution in [3.05, 3.63) is 47.3 Å². The summed E-state index contributed by atoms with van der Waals surface area (Å²) in [6.45, 7) is 11.6. The lowest BCUT2D eigenvalue weighted by Gasteiger charge is -2.20. The Labute approximate surface area is 143 Å². The maximum absolute atomic E-state index is 13.5. The average Bonchev–Trinajstić information content (AvgIpc) is 2.81. The van der Waals surface area contributed by atoms with Crippen LogP contribution in [0.2, 0.25) is 0 Å². The highest BCUT2D eigenvalue weighted by molar-refractivity contribution is 5.97. The summed E-state index contributed by atoms with van der Waals surface area (Å²) in [5, 5.41) is 3.33. The molecule has 0 aromatic heterocycles. The van der Waals surface area contributed by atoms with Crippen LogP contribution in [-0.2, 0) is 6.42 Å². The molecule has 0 radical (unpaired) electrons. The van der Waals surface area contributed by atoms with E-state index < -0.39 is 6.17 Å². The first-order valence-corrected chi connectivity index (χ1v) is 8.40. The number of halogens is 1. The van der Waals surface area contributed by atoms with E-state index in [2.05, 4.69) is 53.9 Å². The topological polar surface area (TPSA) is 62.8 Å². The van der Waals surface area contributed by atoms with Crippen LogP contribution in [0.3, 0.4) is 0 Å². The molecule has 5 heteroatoms. The number of nitrogens with zero attached hydrogens (tertiary/aromatic N) is 2. The zero-order chi connectivity index (χ0) is 17.9. The standard InChI is InChI=1S/C19H27FN4/c1-6-17(20)13(4)22-19(21)24-14(5)23-18-12(3)10-15-8-7-11(2)9-16(15)18/h7-9,12,17-18,23H,5-6,10H2,1-4H3,(H2,21,24)/b22-13+. The van der Waals surface area contributed by atoms with Crippen molar-refractivity contribution in [2.24, 2.45) is 21.6 Å². The van der Waals surface area contributed by atoms with Crippen molar-refractivity contribution in [3.8, 4) is 0 Å². The van der Waals surface area contributed by atoms with Crippen LogP contribution >= 0.6 is 0 Å². The fourth-order valence-corrected chi connectivity index (χ4v) is 3.10. The molecule has 0 heterocycles. The molecule has 1 aromatic carbocycles. The second-order valence-electron chi connectivity index (χ2n) is 6.55. The lowest BCUT2D eigenvalue weighted by Crippen LogP contribution is -2.24. The first kappa shape index (κ1) is 18.2. The SMILES string of the molecule is C=C(/N=C(N)\N=C(/C)C(F)CC)NC1c2cc(C)ccc2CC1C. The van der Waals surface area contributed by atoms with E-state index in [-0.39, 0.29) is 12.0 Å². The van der Waals surface area contributed by atoms with Gasteiger partial charge in [0.15, 0.2) is 0 Å². The monoisotopic (exact) mass is 330 g/mol. The average molecular weight is 330 g/mol. The molecule has 3 atom stereocenters. The van der Waals surface area contributed by atoms with Gasteiger partial charge >= 0.3 is 0 Å². The van der Waals surface area contributed by atoms with Gasteiger partial charge in [-0.3, -0.25) is 0 Å². The number of hydrogen-bond acceptors (Lipinski definition) is 2. The van der Waals surface area contributed by atoms with E-state index in [4.69, 9.17) is 5.73 Å². The van der Waals surface area contributed by atoms with Crippen molar-refractivity contribution < 1.29 is 4.39 Å². The number of nitrogens with two attached hydrogens (primary N) is 1. The Morgan fingerprint density at radius 2 is 2.17 bits per heavy atom. The number of fused-ring (bicyclic) bond motifs is 1. The van der Waals surface area contributed by atoms with Gasteiger partial charge in [-0.1, -0.05) is 44.2 Å². The third-order valence-corrected chi connectivity index (χ3v) is 4.42. The van der Waals surface area contributed by atoms with E-state index in [1.807, 2.05) is 0 Å². The maximum atomic E-state index is 13.5. The fourth-order valence-electron chi connectivity index (χ4n) is 3.10. The number of benzene rings is 1. The van der Waals surface area contributed by atoms with Crippen LogP contribution in [0.4, 0.5) is 4.39 Å². The van der Waals surface area contributed by atoms with Gasteiger partial charge in [0.2, 0.25) is 5.96 Å². The lowest BCUT2D eigenvalue weighted by atomic mass is 10.0. The Balaban J connectivity index is 2.10. The van der Waals surface area contributed by atoms with Gasteiger partial charge in [-0.05, 0) is 43.7 Å². The quantitative estimate of drug-likeness (QED) is 0.637. The Bertz CT molecular complexity index is 678. The van der Waals surface area contributed by atoms with Crippen molar-refractivity contribution >= 4 is 11.7 Å². The molecular weight excluding hydrogens is 303 g/mol. The molecule has 4 nitrogen and oxygen atoms in total. The molecule has 3 unspecified atom stereocenters. The van der Waals surface area contributed by atoms with Gasteiger partial charge < -0.3 is 11.1 Å². The lowest BCUT2D eigenvalue weighted by molar-refractivity contribution is 0.413. The van der Waals surface area contributed by atoms with Gasteiger partial charge in [-0.15, -0.1) is 0 Å². The van der Waals surface area contributed by atoms with Crippen LogP contribution in [0.15, 0.2) is 40.6 Å². The molecule has 130 valence electrons. The Morgan fingerprint density at radius 1 is 1.46 bits per heavy atom. The highest BCUT2D eigenvalue weighted by Gasteiger charge is 2.29.